The van der Waals surface area contributed by atoms with E-state index in [9.17, 15) is 0 Å². The molecular weight excluding hydrogens is 775 g/mol. The summed E-state index contributed by atoms with van der Waals surface area (Å²) in [7, 11) is 4.98. The molecule has 51 heavy (non-hydrogen) atoms. The van der Waals surface area contributed by atoms with Crippen molar-refractivity contribution >= 4 is 49.0 Å². The normalized spacial score (nSPS) is 11.0. The molecule has 297 valence electrons. The predicted octanol–water partition coefficient (Wildman–Crippen LogP) is 9.31. The number of aliphatic imine (C=N–C) groups is 4. The van der Waals surface area contributed by atoms with Crippen molar-refractivity contribution < 1.29 is 42.4 Å². The van der Waals surface area contributed by atoms with Gasteiger partial charge in [0.2, 0.25) is 9.04 Å². The molecule has 2 heterocycles. The molecule has 0 saturated carbocycles. The number of hydrogen-bond donors (Lipinski definition) is 0. The predicted molar refractivity (Wildman–Crippen MR) is 232 cm³/mol. The van der Waals surface area contributed by atoms with Crippen LogP contribution >= 0.6 is 0 Å². The number of pyridine rings is 2. The molecule has 0 unspecified atom stereocenters. The van der Waals surface area contributed by atoms with Gasteiger partial charge in [0.1, 0.15) is 0 Å². The molecule has 2 aromatic heterocycles. The van der Waals surface area contributed by atoms with Crippen molar-refractivity contribution in [3.8, 4) is 0 Å². The van der Waals surface area contributed by atoms with Crippen LogP contribution in [-0.4, -0.2) is 100 Å². The van der Waals surface area contributed by atoms with E-state index in [1.54, 1.807) is 40.3 Å². The molecule has 0 aliphatic heterocycles. The molecule has 0 saturated heterocycles. The smallest absolute Gasteiger partial charge is 0.205 e. The summed E-state index contributed by atoms with van der Waals surface area (Å²) in [5, 5.41) is 0. The molecule has 0 aromatic carbocycles. The van der Waals surface area contributed by atoms with E-state index in [4.69, 9.17) is 8.85 Å². The molecule has 0 amide bonds. The van der Waals surface area contributed by atoms with E-state index in [1.165, 1.54) is 0 Å². The van der Waals surface area contributed by atoms with Gasteiger partial charge in [0.05, 0.1) is 58.8 Å². The number of aromatic nitrogens is 2. The second-order valence-electron chi connectivity index (χ2n) is 11.8. The summed E-state index contributed by atoms with van der Waals surface area (Å²) in [5.41, 5.74) is 7.40. The number of rotatable bonds is 10. The average molecular weight is 846 g/mol. The van der Waals surface area contributed by atoms with E-state index in [0.717, 1.165) is 52.2 Å². The molecule has 0 atom stereocenters. The maximum atomic E-state index is 5.21. The summed E-state index contributed by atoms with van der Waals surface area (Å²) in [6.07, 6.45) is 3.56. The minimum atomic E-state index is -0.861. The van der Waals surface area contributed by atoms with Gasteiger partial charge in [0.15, 0.2) is 9.04 Å². The second kappa shape index (κ2) is 39.3. The zero-order valence-electron chi connectivity index (χ0n) is 33.9. The first-order valence-electron chi connectivity index (χ1n) is 15.7. The molecule has 0 aliphatic carbocycles. The van der Waals surface area contributed by atoms with E-state index in [1.807, 2.05) is 64.1 Å². The van der Waals surface area contributed by atoms with Crippen LogP contribution in [0.1, 0.15) is 57.9 Å². The molecule has 8 nitrogen and oxygen atoms in total. The fourth-order valence-electron chi connectivity index (χ4n) is 2.62. The van der Waals surface area contributed by atoms with E-state index in [-0.39, 0.29) is 48.4 Å². The first-order chi connectivity index (χ1) is 21.9. The van der Waals surface area contributed by atoms with E-state index >= 15 is 0 Å². The quantitative estimate of drug-likeness (QED) is 0.103. The van der Waals surface area contributed by atoms with Crippen LogP contribution in [0.3, 0.4) is 0 Å². The van der Waals surface area contributed by atoms with Crippen LogP contribution in [0.2, 0.25) is 45.8 Å². The van der Waals surface area contributed by atoms with Gasteiger partial charge >= 0.3 is 0 Å². The van der Waals surface area contributed by atoms with Crippen LogP contribution in [0.25, 0.3) is 0 Å². The Morgan fingerprint density at radius 1 is 0.725 bits per heavy atom. The summed E-state index contributed by atoms with van der Waals surface area (Å²) >= 11 is 0. The minimum absolute atomic E-state index is 0. The van der Waals surface area contributed by atoms with E-state index in [2.05, 4.69) is 95.5 Å². The fraction of sp³-hybridized carbons (Fsp3) is 0.474. The first kappa shape index (κ1) is 64.0. The molecular formula is C38H71Co2N6O2Si3-2. The average Bonchev–Trinajstić information content (AvgIpc) is 3.04. The van der Waals surface area contributed by atoms with Crippen molar-refractivity contribution in [3.63, 3.8) is 0 Å². The number of hydrogen-bond acceptors (Lipinski definition) is 8. The molecule has 2 rings (SSSR count). The van der Waals surface area contributed by atoms with Crippen molar-refractivity contribution in [3.05, 3.63) is 98.5 Å². The summed E-state index contributed by atoms with van der Waals surface area (Å²) in [5.74, 6) is 0. The second-order valence-corrected chi connectivity index (χ2v) is 21.4. The van der Waals surface area contributed by atoms with Crippen LogP contribution in [0.15, 0.2) is 81.7 Å². The Bertz CT molecular complexity index is 1120. The van der Waals surface area contributed by atoms with Crippen molar-refractivity contribution in [1.82, 2.24) is 9.97 Å². The summed E-state index contributed by atoms with van der Waals surface area (Å²) in [6.45, 7) is 35.3. The fourth-order valence-corrected chi connectivity index (χ4v) is 3.59. The standard InChI is InChI=1S/2C11H15N3.C5H12OSi.C5H11OSi.C4H11Si.CH4.CH3.2Co/c2*1-8(12-3)10-6-5-7-11(14-10)9(2)13-4;2*1-4-5-6-7(2)3;1-5(2,3)4;;;;/h2*5-7H,1-4H3;4,7H,1,5H2,2-3H3;4H,1,5H2,2-3H3;1H2,2-4H3;1H4;1H3;;/q;;;;-1;;-1;;. The Labute approximate surface area is 340 Å². The summed E-state index contributed by atoms with van der Waals surface area (Å²) in [4.78, 5) is 25.3. The van der Waals surface area contributed by atoms with Gasteiger partial charge in [-0.25, -0.2) is 9.97 Å². The summed E-state index contributed by atoms with van der Waals surface area (Å²) in [6, 6.07) is 11.8. The molecule has 0 N–H and O–H groups in total. The maximum Gasteiger partial charge on any atom is 0.205 e. The van der Waals surface area contributed by atoms with Crippen LogP contribution < -0.4 is 0 Å². The minimum Gasteiger partial charge on any atom is -0.417 e. The third-order valence-corrected chi connectivity index (χ3v) is 6.96. The Morgan fingerprint density at radius 2 is 0.980 bits per heavy atom. The molecule has 0 spiro atoms. The van der Waals surface area contributed by atoms with E-state index < -0.39 is 26.2 Å². The van der Waals surface area contributed by atoms with Gasteiger partial charge in [-0.2, -0.15) is 0 Å². The van der Waals surface area contributed by atoms with Gasteiger partial charge < -0.3 is 22.8 Å². The zero-order chi connectivity index (χ0) is 37.0. The van der Waals surface area contributed by atoms with Crippen LogP contribution in [-0.2, 0) is 42.4 Å². The van der Waals surface area contributed by atoms with Gasteiger partial charge in [-0.1, -0.05) is 51.4 Å². The van der Waals surface area contributed by atoms with Crippen LogP contribution in [0, 0.1) is 14.0 Å². The third kappa shape index (κ3) is 40.7. The van der Waals surface area contributed by atoms with Gasteiger partial charge in [-0.3, -0.25) is 20.0 Å². The largest absolute Gasteiger partial charge is 0.417 e. The SMILES string of the molecule is C.C=CCO[SiH](C)C.C=CCO[Si](C)C.CN=C(C)c1cccc(C(C)=NC)n1.CN=C(C)c1cccc(C(C)=NC)n1.[CH2-][Si](C)(C)C.[CH3-].[Co].[Co]. The molecule has 2 aromatic rings. The van der Waals surface area contributed by atoms with Crippen molar-refractivity contribution in [2.24, 2.45) is 20.0 Å². The van der Waals surface area contributed by atoms with Gasteiger partial charge in [0, 0.05) is 61.7 Å². The van der Waals surface area contributed by atoms with Gasteiger partial charge in [-0.05, 0) is 78.1 Å². The monoisotopic (exact) mass is 845 g/mol. The Morgan fingerprint density at radius 3 is 1.12 bits per heavy atom. The van der Waals surface area contributed by atoms with Gasteiger partial charge in [0.25, 0.3) is 0 Å². The zero-order valence-corrected chi connectivity index (χ0v) is 39.1. The Balaban J connectivity index is -0.0000000982. The molecule has 3 radical (unpaired) electrons. The molecule has 0 aliphatic rings. The Hall–Kier alpha value is -1.96. The van der Waals surface area contributed by atoms with Crippen molar-refractivity contribution in [1.29, 1.82) is 0 Å². The maximum absolute atomic E-state index is 5.21. The Kier molecular flexibility index (Phi) is 49.3. The molecule has 0 fully saturated rings. The van der Waals surface area contributed by atoms with Crippen LogP contribution in [0.4, 0.5) is 0 Å². The molecule has 13 heteroatoms. The summed E-state index contributed by atoms with van der Waals surface area (Å²) < 4.78 is 10.4. The molecule has 0 bridgehead atoms. The van der Waals surface area contributed by atoms with Crippen LogP contribution in [0.5, 0.6) is 0 Å². The number of nitrogens with zero attached hydrogens (tertiary/aromatic N) is 6. The third-order valence-electron chi connectivity index (χ3n) is 5.36. The van der Waals surface area contributed by atoms with Crippen molar-refractivity contribution in [2.45, 2.75) is 81.0 Å². The first-order valence-corrected chi connectivity index (χ1v) is 24.6. The van der Waals surface area contributed by atoms with E-state index in [0.29, 0.717) is 6.61 Å². The topological polar surface area (TPSA) is 93.7 Å². The van der Waals surface area contributed by atoms with Gasteiger partial charge in [-0.15, -0.1) is 21.2 Å². The van der Waals surface area contributed by atoms with Crippen molar-refractivity contribution in [2.75, 3.05) is 41.4 Å².